The fourth-order valence-corrected chi connectivity index (χ4v) is 3.72. The highest BCUT2D eigenvalue weighted by Crippen LogP contribution is 2.30. The Balaban J connectivity index is 1.61. The van der Waals surface area contributed by atoms with Crippen LogP contribution in [-0.4, -0.2) is 12.6 Å². The summed E-state index contributed by atoms with van der Waals surface area (Å²) in [6.07, 6.45) is 9.75. The standard InChI is InChI=1S/C21H24N4/c22-18-7-9-19(10-8-18)25-17-20(24-13-5-2-6-14-24)15-21(25)16-23-11-3-1-4-12-23/h1-14,20-21H,15-17,22H2/q+2. The van der Waals surface area contributed by atoms with Gasteiger partial charge in [0.1, 0.15) is 0 Å². The van der Waals surface area contributed by atoms with E-state index in [1.807, 2.05) is 12.1 Å². The first kappa shape index (κ1) is 15.6. The Morgan fingerprint density at radius 3 is 2.20 bits per heavy atom. The molecule has 4 rings (SSSR count). The van der Waals surface area contributed by atoms with Crippen LogP contribution in [0.4, 0.5) is 11.4 Å². The third-order valence-corrected chi connectivity index (χ3v) is 4.98. The molecule has 25 heavy (non-hydrogen) atoms. The Bertz CT molecular complexity index is 802. The molecule has 126 valence electrons. The van der Waals surface area contributed by atoms with Crippen molar-refractivity contribution in [1.29, 1.82) is 0 Å². The lowest BCUT2D eigenvalue weighted by Crippen LogP contribution is -2.44. The summed E-state index contributed by atoms with van der Waals surface area (Å²) in [6, 6.07) is 21.7. The van der Waals surface area contributed by atoms with E-state index < -0.39 is 0 Å². The number of hydrogen-bond donors (Lipinski definition) is 1. The quantitative estimate of drug-likeness (QED) is 0.588. The van der Waals surface area contributed by atoms with Gasteiger partial charge in [-0.2, -0.15) is 0 Å². The molecule has 1 aromatic carbocycles. The average Bonchev–Trinajstić information content (AvgIpc) is 3.08. The van der Waals surface area contributed by atoms with Gasteiger partial charge in [0.2, 0.25) is 0 Å². The van der Waals surface area contributed by atoms with E-state index in [0.717, 1.165) is 25.2 Å². The van der Waals surface area contributed by atoms with E-state index in [9.17, 15) is 0 Å². The summed E-state index contributed by atoms with van der Waals surface area (Å²) < 4.78 is 4.60. The minimum absolute atomic E-state index is 0.453. The van der Waals surface area contributed by atoms with Crippen LogP contribution in [-0.2, 0) is 6.54 Å². The largest absolute Gasteiger partial charge is 0.399 e. The number of hydrogen-bond acceptors (Lipinski definition) is 2. The lowest BCUT2D eigenvalue weighted by Gasteiger charge is -2.24. The van der Waals surface area contributed by atoms with Gasteiger partial charge in [-0.3, -0.25) is 0 Å². The minimum atomic E-state index is 0.453. The van der Waals surface area contributed by atoms with Crippen molar-refractivity contribution in [1.82, 2.24) is 0 Å². The number of aromatic nitrogens is 2. The molecule has 4 heteroatoms. The minimum Gasteiger partial charge on any atom is -0.399 e. The highest BCUT2D eigenvalue weighted by Gasteiger charge is 2.39. The van der Waals surface area contributed by atoms with Crippen molar-refractivity contribution in [2.24, 2.45) is 0 Å². The van der Waals surface area contributed by atoms with Gasteiger partial charge in [0.05, 0.1) is 12.6 Å². The zero-order chi connectivity index (χ0) is 17.1. The second kappa shape index (κ2) is 6.93. The molecular formula is C21H24N4+2. The first-order chi connectivity index (χ1) is 12.3. The van der Waals surface area contributed by atoms with Crippen LogP contribution in [0.2, 0.25) is 0 Å². The van der Waals surface area contributed by atoms with Crippen molar-refractivity contribution < 1.29 is 9.13 Å². The Kier molecular flexibility index (Phi) is 4.34. The number of pyridine rings is 2. The van der Waals surface area contributed by atoms with Gasteiger partial charge in [-0.1, -0.05) is 12.1 Å². The van der Waals surface area contributed by atoms with Crippen LogP contribution in [0.3, 0.4) is 0 Å². The van der Waals surface area contributed by atoms with Crippen LogP contribution < -0.4 is 19.8 Å². The highest BCUT2D eigenvalue weighted by molar-refractivity contribution is 5.54. The Morgan fingerprint density at radius 2 is 1.52 bits per heavy atom. The normalized spacial score (nSPS) is 19.9. The number of rotatable bonds is 4. The van der Waals surface area contributed by atoms with Crippen LogP contribution in [0.15, 0.2) is 85.5 Å². The summed E-state index contributed by atoms with van der Waals surface area (Å²) in [5.74, 6) is 0. The number of nitrogen functional groups attached to an aromatic ring is 1. The van der Waals surface area contributed by atoms with Gasteiger partial charge < -0.3 is 10.6 Å². The van der Waals surface area contributed by atoms with Gasteiger partial charge in [0.15, 0.2) is 37.4 Å². The van der Waals surface area contributed by atoms with E-state index in [1.54, 1.807) is 0 Å². The monoisotopic (exact) mass is 332 g/mol. The number of nitrogens with two attached hydrogens (primary N) is 1. The number of benzene rings is 1. The molecule has 0 bridgehead atoms. The summed E-state index contributed by atoms with van der Waals surface area (Å²) >= 11 is 0. The molecule has 1 aliphatic heterocycles. The summed E-state index contributed by atoms with van der Waals surface area (Å²) in [7, 11) is 0. The third kappa shape index (κ3) is 3.48. The highest BCUT2D eigenvalue weighted by atomic mass is 15.2. The molecule has 1 saturated heterocycles. The average molecular weight is 332 g/mol. The lowest BCUT2D eigenvalue weighted by molar-refractivity contribution is -0.721. The fourth-order valence-electron chi connectivity index (χ4n) is 3.72. The lowest BCUT2D eigenvalue weighted by atomic mass is 10.1. The summed E-state index contributed by atoms with van der Waals surface area (Å²) in [4.78, 5) is 2.52. The van der Waals surface area contributed by atoms with E-state index in [-0.39, 0.29) is 0 Å². The molecule has 2 aromatic heterocycles. The number of anilines is 2. The molecule has 1 aliphatic rings. The zero-order valence-electron chi connectivity index (χ0n) is 14.3. The molecule has 0 spiro atoms. The Hall–Kier alpha value is -2.88. The van der Waals surface area contributed by atoms with Crippen LogP contribution in [0, 0.1) is 0 Å². The van der Waals surface area contributed by atoms with Gasteiger partial charge in [0, 0.05) is 42.1 Å². The molecule has 3 heterocycles. The van der Waals surface area contributed by atoms with Crippen molar-refractivity contribution in [2.45, 2.75) is 25.0 Å². The van der Waals surface area contributed by atoms with Crippen molar-refractivity contribution >= 4 is 11.4 Å². The second-order valence-corrected chi connectivity index (χ2v) is 6.68. The molecule has 0 aliphatic carbocycles. The molecule has 2 N–H and O–H groups in total. The molecular weight excluding hydrogens is 308 g/mol. The van der Waals surface area contributed by atoms with Crippen molar-refractivity contribution in [3.05, 3.63) is 85.5 Å². The molecule has 0 radical (unpaired) electrons. The van der Waals surface area contributed by atoms with Crippen molar-refractivity contribution in [2.75, 3.05) is 17.2 Å². The van der Waals surface area contributed by atoms with E-state index in [0.29, 0.717) is 12.1 Å². The van der Waals surface area contributed by atoms with Crippen LogP contribution in [0.5, 0.6) is 0 Å². The predicted molar refractivity (Wildman–Crippen MR) is 98.9 cm³/mol. The smallest absolute Gasteiger partial charge is 0.177 e. The first-order valence-corrected chi connectivity index (χ1v) is 8.81. The van der Waals surface area contributed by atoms with E-state index in [2.05, 4.69) is 87.4 Å². The van der Waals surface area contributed by atoms with Crippen molar-refractivity contribution in [3.63, 3.8) is 0 Å². The third-order valence-electron chi connectivity index (χ3n) is 4.98. The molecule has 0 amide bonds. The van der Waals surface area contributed by atoms with Gasteiger partial charge >= 0.3 is 0 Å². The first-order valence-electron chi connectivity index (χ1n) is 8.81. The topological polar surface area (TPSA) is 37.0 Å². The van der Waals surface area contributed by atoms with Gasteiger partial charge in [-0.15, -0.1) is 0 Å². The van der Waals surface area contributed by atoms with Crippen LogP contribution in [0.1, 0.15) is 12.5 Å². The summed E-state index contributed by atoms with van der Waals surface area (Å²) in [6.45, 7) is 1.99. The molecule has 0 saturated carbocycles. The van der Waals surface area contributed by atoms with E-state index in [4.69, 9.17) is 5.73 Å². The Labute approximate surface area is 148 Å². The van der Waals surface area contributed by atoms with Crippen molar-refractivity contribution in [3.8, 4) is 0 Å². The molecule has 1 fully saturated rings. The van der Waals surface area contributed by atoms with Gasteiger partial charge in [-0.25, -0.2) is 9.13 Å². The maximum absolute atomic E-state index is 5.88. The summed E-state index contributed by atoms with van der Waals surface area (Å²) in [5.41, 5.74) is 7.93. The van der Waals surface area contributed by atoms with Crippen LogP contribution >= 0.6 is 0 Å². The van der Waals surface area contributed by atoms with Gasteiger partial charge in [0.25, 0.3) is 0 Å². The second-order valence-electron chi connectivity index (χ2n) is 6.68. The fraction of sp³-hybridized carbons (Fsp3) is 0.238. The van der Waals surface area contributed by atoms with E-state index in [1.165, 1.54) is 5.69 Å². The zero-order valence-corrected chi connectivity index (χ0v) is 14.3. The van der Waals surface area contributed by atoms with Gasteiger partial charge in [-0.05, 0) is 24.3 Å². The molecule has 4 nitrogen and oxygen atoms in total. The molecule has 2 atom stereocenters. The summed E-state index contributed by atoms with van der Waals surface area (Å²) in [5, 5.41) is 0. The molecule has 3 aromatic rings. The predicted octanol–water partition coefficient (Wildman–Crippen LogP) is 2.36. The SMILES string of the molecule is Nc1ccc(N2CC([n+]3ccccc3)CC2C[n+]2ccccc2)cc1. The maximum atomic E-state index is 5.88. The van der Waals surface area contributed by atoms with Crippen LogP contribution in [0.25, 0.3) is 0 Å². The maximum Gasteiger partial charge on any atom is 0.177 e. The molecule has 2 unspecified atom stereocenters. The Morgan fingerprint density at radius 1 is 0.880 bits per heavy atom. The number of nitrogens with zero attached hydrogens (tertiary/aromatic N) is 3. The van der Waals surface area contributed by atoms with E-state index >= 15 is 0 Å².